The van der Waals surface area contributed by atoms with Crippen molar-refractivity contribution >= 4 is 5.97 Å². The summed E-state index contributed by atoms with van der Waals surface area (Å²) >= 11 is 0. The lowest BCUT2D eigenvalue weighted by Gasteiger charge is -2.06. The topological polar surface area (TPSA) is 48.4 Å². The Morgan fingerprint density at radius 1 is 1.44 bits per heavy atom. The van der Waals surface area contributed by atoms with E-state index in [1.807, 2.05) is 0 Å². The summed E-state index contributed by atoms with van der Waals surface area (Å²) in [5.41, 5.74) is -0.157. The van der Waals surface area contributed by atoms with E-state index in [9.17, 15) is 13.6 Å². The molecule has 1 aromatic heterocycles. The van der Waals surface area contributed by atoms with Gasteiger partial charge in [-0.3, -0.25) is 0 Å². The monoisotopic (exact) mass is 231 g/mol. The lowest BCUT2D eigenvalue weighted by Crippen LogP contribution is -2.08. The molecule has 1 aromatic rings. The average molecular weight is 231 g/mol. The van der Waals surface area contributed by atoms with Gasteiger partial charge in [-0.05, 0) is 17.7 Å². The Hall–Kier alpha value is -1.56. The van der Waals surface area contributed by atoms with Crippen molar-refractivity contribution in [2.45, 2.75) is 13.0 Å². The van der Waals surface area contributed by atoms with Gasteiger partial charge in [-0.25, -0.2) is 18.6 Å². The van der Waals surface area contributed by atoms with E-state index in [0.29, 0.717) is 5.56 Å². The zero-order valence-electron chi connectivity index (χ0n) is 8.87. The molecule has 0 radical (unpaired) electrons. The van der Waals surface area contributed by atoms with Gasteiger partial charge in [0, 0.05) is 7.11 Å². The molecule has 0 aliphatic heterocycles. The number of ether oxygens (including phenoxy) is 2. The first-order chi connectivity index (χ1) is 7.58. The van der Waals surface area contributed by atoms with E-state index < -0.39 is 18.1 Å². The Bertz CT molecular complexity index is 382. The normalized spacial score (nSPS) is 10.6. The Morgan fingerprint density at radius 3 is 2.62 bits per heavy atom. The second kappa shape index (κ2) is 5.50. The van der Waals surface area contributed by atoms with Crippen LogP contribution in [-0.2, 0) is 16.1 Å². The van der Waals surface area contributed by atoms with Crippen molar-refractivity contribution in [3.05, 3.63) is 29.1 Å². The maximum Gasteiger partial charge on any atom is 0.356 e. The van der Waals surface area contributed by atoms with Crippen molar-refractivity contribution in [3.8, 4) is 0 Å². The van der Waals surface area contributed by atoms with Crippen LogP contribution in [0.1, 0.15) is 28.2 Å². The molecule has 0 spiro atoms. The van der Waals surface area contributed by atoms with Crippen LogP contribution in [0.15, 0.2) is 12.1 Å². The minimum atomic E-state index is -2.74. The molecule has 0 atom stereocenters. The molecule has 0 saturated heterocycles. The largest absolute Gasteiger partial charge is 0.464 e. The Morgan fingerprint density at radius 2 is 2.12 bits per heavy atom. The van der Waals surface area contributed by atoms with Crippen molar-refractivity contribution < 1.29 is 23.0 Å². The molecular weight excluding hydrogens is 220 g/mol. The Balaban J connectivity index is 3.13. The van der Waals surface area contributed by atoms with Gasteiger partial charge in [-0.1, -0.05) is 0 Å². The summed E-state index contributed by atoms with van der Waals surface area (Å²) < 4.78 is 34.2. The number of alkyl halides is 2. The zero-order chi connectivity index (χ0) is 12.1. The molecule has 4 nitrogen and oxygen atoms in total. The molecule has 0 aliphatic rings. The number of hydrogen-bond donors (Lipinski definition) is 0. The van der Waals surface area contributed by atoms with E-state index in [0.717, 1.165) is 7.11 Å². The van der Waals surface area contributed by atoms with Gasteiger partial charge in [0.25, 0.3) is 6.43 Å². The summed E-state index contributed by atoms with van der Waals surface area (Å²) in [6.45, 7) is 0.131. The summed E-state index contributed by atoms with van der Waals surface area (Å²) in [6.07, 6.45) is -2.74. The number of methoxy groups -OCH3 is 2. The number of aromatic nitrogens is 1. The van der Waals surface area contributed by atoms with Gasteiger partial charge in [0.05, 0.1) is 13.7 Å². The molecule has 1 rings (SSSR count). The molecule has 0 bridgehead atoms. The maximum atomic E-state index is 12.5. The molecule has 0 aliphatic carbocycles. The van der Waals surface area contributed by atoms with Gasteiger partial charge >= 0.3 is 5.97 Å². The first kappa shape index (κ1) is 12.5. The van der Waals surface area contributed by atoms with Crippen LogP contribution in [0.4, 0.5) is 8.78 Å². The van der Waals surface area contributed by atoms with Crippen LogP contribution in [0, 0.1) is 0 Å². The summed E-state index contributed by atoms with van der Waals surface area (Å²) in [7, 11) is 2.59. The lowest BCUT2D eigenvalue weighted by molar-refractivity contribution is 0.0592. The first-order valence-corrected chi connectivity index (χ1v) is 4.44. The Labute approximate surface area is 91.2 Å². The standard InChI is InChI=1S/C10H11F2NO3/c1-15-5-6-3-7(9(11)12)13-8(4-6)10(14)16-2/h3-4,9H,5H2,1-2H3. The summed E-state index contributed by atoms with van der Waals surface area (Å²) in [5.74, 6) is -0.750. The van der Waals surface area contributed by atoms with Crippen molar-refractivity contribution in [1.29, 1.82) is 0 Å². The van der Waals surface area contributed by atoms with Crippen LogP contribution in [-0.4, -0.2) is 25.2 Å². The molecule has 0 aromatic carbocycles. The van der Waals surface area contributed by atoms with E-state index in [1.165, 1.54) is 19.2 Å². The van der Waals surface area contributed by atoms with Crippen LogP contribution in [0.3, 0.4) is 0 Å². The van der Waals surface area contributed by atoms with Gasteiger partial charge in [-0.2, -0.15) is 0 Å². The van der Waals surface area contributed by atoms with Gasteiger partial charge in [0.2, 0.25) is 0 Å². The molecule has 0 saturated carbocycles. The predicted molar refractivity (Wildman–Crippen MR) is 51.2 cm³/mol. The molecule has 0 fully saturated rings. The third-order valence-corrected chi connectivity index (χ3v) is 1.83. The quantitative estimate of drug-likeness (QED) is 0.743. The fourth-order valence-corrected chi connectivity index (χ4v) is 1.18. The Kier molecular flexibility index (Phi) is 4.30. The van der Waals surface area contributed by atoms with Crippen LogP contribution < -0.4 is 0 Å². The minimum Gasteiger partial charge on any atom is -0.464 e. The molecule has 0 unspecified atom stereocenters. The SMILES string of the molecule is COCc1cc(C(=O)OC)nc(C(F)F)c1. The smallest absolute Gasteiger partial charge is 0.356 e. The number of esters is 1. The zero-order valence-corrected chi connectivity index (χ0v) is 8.87. The van der Waals surface area contributed by atoms with Gasteiger partial charge in [0.15, 0.2) is 0 Å². The summed E-state index contributed by atoms with van der Waals surface area (Å²) in [4.78, 5) is 14.7. The number of halogens is 2. The van der Waals surface area contributed by atoms with E-state index in [4.69, 9.17) is 4.74 Å². The van der Waals surface area contributed by atoms with E-state index in [2.05, 4.69) is 9.72 Å². The summed E-state index contributed by atoms with van der Waals surface area (Å²) in [5, 5.41) is 0. The van der Waals surface area contributed by atoms with Crippen LogP contribution in [0.25, 0.3) is 0 Å². The van der Waals surface area contributed by atoms with E-state index >= 15 is 0 Å². The number of pyridine rings is 1. The molecule has 1 heterocycles. The average Bonchev–Trinajstić information content (AvgIpc) is 2.28. The fourth-order valence-electron chi connectivity index (χ4n) is 1.18. The summed E-state index contributed by atoms with van der Waals surface area (Å²) in [6, 6.07) is 2.56. The third-order valence-electron chi connectivity index (χ3n) is 1.83. The molecule has 0 amide bonds. The van der Waals surface area contributed by atoms with Crippen molar-refractivity contribution in [2.24, 2.45) is 0 Å². The highest BCUT2D eigenvalue weighted by Gasteiger charge is 2.15. The first-order valence-electron chi connectivity index (χ1n) is 4.44. The molecule has 6 heteroatoms. The van der Waals surface area contributed by atoms with Crippen molar-refractivity contribution in [3.63, 3.8) is 0 Å². The second-order valence-electron chi connectivity index (χ2n) is 3.01. The highest BCUT2D eigenvalue weighted by molar-refractivity contribution is 5.87. The van der Waals surface area contributed by atoms with Gasteiger partial charge in [0.1, 0.15) is 11.4 Å². The van der Waals surface area contributed by atoms with Crippen LogP contribution in [0.5, 0.6) is 0 Å². The number of rotatable bonds is 4. The lowest BCUT2D eigenvalue weighted by atomic mass is 10.2. The highest BCUT2D eigenvalue weighted by atomic mass is 19.3. The second-order valence-corrected chi connectivity index (χ2v) is 3.01. The van der Waals surface area contributed by atoms with E-state index in [1.54, 1.807) is 0 Å². The van der Waals surface area contributed by atoms with Gasteiger partial charge in [-0.15, -0.1) is 0 Å². The molecular formula is C10H11F2NO3. The predicted octanol–water partition coefficient (Wildman–Crippen LogP) is 1.95. The maximum absolute atomic E-state index is 12.5. The third kappa shape index (κ3) is 2.96. The number of carbonyl (C=O) groups is 1. The van der Waals surface area contributed by atoms with Gasteiger partial charge < -0.3 is 9.47 Å². The molecule has 88 valence electrons. The fraction of sp³-hybridized carbons (Fsp3) is 0.400. The van der Waals surface area contributed by atoms with Crippen molar-refractivity contribution in [2.75, 3.05) is 14.2 Å². The van der Waals surface area contributed by atoms with Crippen molar-refractivity contribution in [1.82, 2.24) is 4.98 Å². The number of hydrogen-bond acceptors (Lipinski definition) is 4. The molecule has 16 heavy (non-hydrogen) atoms. The minimum absolute atomic E-state index is 0.131. The van der Waals surface area contributed by atoms with Crippen LogP contribution in [0.2, 0.25) is 0 Å². The van der Waals surface area contributed by atoms with Crippen LogP contribution >= 0.6 is 0 Å². The number of carbonyl (C=O) groups excluding carboxylic acids is 1. The van der Waals surface area contributed by atoms with E-state index in [-0.39, 0.29) is 12.3 Å². The number of nitrogens with zero attached hydrogens (tertiary/aromatic N) is 1. The highest BCUT2D eigenvalue weighted by Crippen LogP contribution is 2.19. The molecule has 0 N–H and O–H groups in total.